The monoisotopic (exact) mass is 424 g/mol. The van der Waals surface area contributed by atoms with Crippen LogP contribution in [0.5, 0.6) is 5.75 Å². The number of nitrogens with zero attached hydrogens (tertiary/aromatic N) is 2. The van der Waals surface area contributed by atoms with Crippen molar-refractivity contribution in [3.63, 3.8) is 0 Å². The number of benzene rings is 3. The third-order valence-electron chi connectivity index (χ3n) is 5.23. The number of hydrogen-bond acceptors (Lipinski definition) is 4. The van der Waals surface area contributed by atoms with Gasteiger partial charge in [-0.3, -0.25) is 19.5 Å². The van der Waals surface area contributed by atoms with Crippen LogP contribution >= 0.6 is 0 Å². The fourth-order valence-corrected chi connectivity index (χ4v) is 3.66. The summed E-state index contributed by atoms with van der Waals surface area (Å²) in [5.74, 6) is 0.565. The van der Waals surface area contributed by atoms with Crippen molar-refractivity contribution in [3.05, 3.63) is 102 Å². The van der Waals surface area contributed by atoms with Gasteiger partial charge in [0, 0.05) is 35.8 Å². The first-order valence-electron chi connectivity index (χ1n) is 10.2. The van der Waals surface area contributed by atoms with Gasteiger partial charge in [-0.1, -0.05) is 42.5 Å². The number of nitrogens with one attached hydrogen (secondary N) is 2. The molecule has 1 aliphatic rings. The van der Waals surface area contributed by atoms with Crippen molar-refractivity contribution < 1.29 is 14.3 Å². The molecule has 7 nitrogen and oxygen atoms in total. The number of aromatic nitrogens is 2. The summed E-state index contributed by atoms with van der Waals surface area (Å²) in [7, 11) is 0. The van der Waals surface area contributed by atoms with Gasteiger partial charge in [0.1, 0.15) is 5.75 Å². The molecule has 0 aliphatic carbocycles. The van der Waals surface area contributed by atoms with E-state index in [1.807, 2.05) is 54.6 Å². The Morgan fingerprint density at radius 3 is 2.59 bits per heavy atom. The first-order chi connectivity index (χ1) is 15.7. The highest BCUT2D eigenvalue weighted by Gasteiger charge is 2.28. The van der Waals surface area contributed by atoms with Crippen molar-refractivity contribution in [2.45, 2.75) is 12.5 Å². The predicted molar refractivity (Wildman–Crippen MR) is 121 cm³/mol. The zero-order chi connectivity index (χ0) is 21.9. The van der Waals surface area contributed by atoms with Gasteiger partial charge in [-0.25, -0.2) is 4.98 Å². The van der Waals surface area contributed by atoms with Gasteiger partial charge in [-0.2, -0.15) is 0 Å². The molecule has 4 aromatic rings. The van der Waals surface area contributed by atoms with Crippen LogP contribution in [0.3, 0.4) is 0 Å². The number of ether oxygens (including phenoxy) is 1. The van der Waals surface area contributed by atoms with Gasteiger partial charge < -0.3 is 10.1 Å². The maximum Gasteiger partial charge on any atom is 0.265 e. The number of fused-ring (bicyclic) bond motifs is 1. The van der Waals surface area contributed by atoms with Gasteiger partial charge in [0.15, 0.2) is 6.10 Å². The van der Waals surface area contributed by atoms with Crippen LogP contribution in [0.15, 0.2) is 91.3 Å². The van der Waals surface area contributed by atoms with Crippen molar-refractivity contribution in [2.24, 2.45) is 0 Å². The highest BCUT2D eigenvalue weighted by atomic mass is 16.5. The summed E-state index contributed by atoms with van der Waals surface area (Å²) in [5, 5.41) is 5.67. The standard InChI is InChI=1S/C25H20N4O3/c30-23(28-25-26-13-14-29(25)20-10-2-1-3-11-20)18-8-6-9-19(15-18)27-24(31)22-16-17-7-4-5-12-21(17)32-22/h1-15,22H,16H2,(H,27,31)(H,26,28,30). The number of rotatable bonds is 5. The Bertz CT molecular complexity index is 1260. The third kappa shape index (κ3) is 3.96. The van der Waals surface area contributed by atoms with E-state index in [2.05, 4.69) is 15.6 Å². The Labute approximate surface area is 184 Å². The lowest BCUT2D eigenvalue weighted by atomic mass is 10.1. The van der Waals surface area contributed by atoms with E-state index in [-0.39, 0.29) is 11.8 Å². The minimum atomic E-state index is -0.594. The SMILES string of the molecule is O=C(Nc1nccn1-c1ccccc1)c1cccc(NC(=O)C2Cc3ccccc3O2)c1. The molecular formula is C25H20N4O3. The van der Waals surface area contributed by atoms with Crippen LogP contribution in [-0.4, -0.2) is 27.5 Å². The molecule has 1 aromatic heterocycles. The number of carbonyl (C=O) groups is 2. The second-order valence-electron chi connectivity index (χ2n) is 7.40. The van der Waals surface area contributed by atoms with Crippen molar-refractivity contribution in [1.29, 1.82) is 0 Å². The van der Waals surface area contributed by atoms with Gasteiger partial charge in [0.05, 0.1) is 0 Å². The maximum atomic E-state index is 12.8. The zero-order valence-corrected chi connectivity index (χ0v) is 17.1. The smallest absolute Gasteiger partial charge is 0.265 e. The Morgan fingerprint density at radius 2 is 1.75 bits per heavy atom. The molecule has 32 heavy (non-hydrogen) atoms. The van der Waals surface area contributed by atoms with Crippen LogP contribution in [0.1, 0.15) is 15.9 Å². The highest BCUT2D eigenvalue weighted by molar-refractivity contribution is 6.05. The molecular weight excluding hydrogens is 404 g/mol. The normalized spacial score (nSPS) is 14.3. The lowest BCUT2D eigenvalue weighted by molar-refractivity contribution is -0.122. The van der Waals surface area contributed by atoms with Gasteiger partial charge in [-0.15, -0.1) is 0 Å². The molecule has 0 saturated heterocycles. The summed E-state index contributed by atoms with van der Waals surface area (Å²) in [6.07, 6.45) is 3.33. The van der Waals surface area contributed by atoms with Crippen molar-refractivity contribution in [1.82, 2.24) is 9.55 Å². The van der Waals surface area contributed by atoms with E-state index in [1.165, 1.54) is 0 Å². The Morgan fingerprint density at radius 1 is 0.938 bits per heavy atom. The average Bonchev–Trinajstić information content (AvgIpc) is 3.47. The largest absolute Gasteiger partial charge is 0.480 e. The summed E-state index contributed by atoms with van der Waals surface area (Å²) >= 11 is 0. The lowest BCUT2D eigenvalue weighted by Crippen LogP contribution is -2.31. The van der Waals surface area contributed by atoms with Gasteiger partial charge in [-0.05, 0) is 42.0 Å². The molecule has 2 heterocycles. The fourth-order valence-electron chi connectivity index (χ4n) is 3.66. The van der Waals surface area contributed by atoms with Crippen LogP contribution < -0.4 is 15.4 Å². The molecule has 158 valence electrons. The molecule has 0 saturated carbocycles. The first-order valence-corrected chi connectivity index (χ1v) is 10.2. The topological polar surface area (TPSA) is 85.3 Å². The molecule has 5 rings (SSSR count). The molecule has 0 fully saturated rings. The van der Waals surface area contributed by atoms with E-state index in [0.717, 1.165) is 17.0 Å². The second-order valence-corrected chi connectivity index (χ2v) is 7.40. The zero-order valence-electron chi connectivity index (χ0n) is 17.1. The Balaban J connectivity index is 1.27. The molecule has 2 amide bonds. The van der Waals surface area contributed by atoms with Crippen LogP contribution in [-0.2, 0) is 11.2 Å². The molecule has 2 N–H and O–H groups in total. The van der Waals surface area contributed by atoms with Crippen LogP contribution in [0.25, 0.3) is 5.69 Å². The fraction of sp³-hybridized carbons (Fsp3) is 0.0800. The van der Waals surface area contributed by atoms with Gasteiger partial charge in [0.25, 0.3) is 11.8 Å². The summed E-state index contributed by atoms with van der Waals surface area (Å²) in [6.45, 7) is 0. The number of imidazole rings is 1. The van der Waals surface area contributed by atoms with Crippen molar-refractivity contribution >= 4 is 23.5 Å². The van der Waals surface area contributed by atoms with Crippen LogP contribution in [0.4, 0.5) is 11.6 Å². The second kappa shape index (κ2) is 8.39. The van der Waals surface area contributed by atoms with Gasteiger partial charge >= 0.3 is 0 Å². The van der Waals surface area contributed by atoms with Crippen molar-refractivity contribution in [2.75, 3.05) is 10.6 Å². The minimum absolute atomic E-state index is 0.252. The molecule has 0 spiro atoms. The first kappa shape index (κ1) is 19.6. The predicted octanol–water partition coefficient (Wildman–Crippen LogP) is 4.07. The Hall–Kier alpha value is -4.39. The highest BCUT2D eigenvalue weighted by Crippen LogP contribution is 2.28. The van der Waals surface area contributed by atoms with Crippen molar-refractivity contribution in [3.8, 4) is 11.4 Å². The summed E-state index contributed by atoms with van der Waals surface area (Å²) in [5.41, 5.74) is 2.82. The molecule has 7 heteroatoms. The molecule has 1 aliphatic heterocycles. The molecule has 0 radical (unpaired) electrons. The van der Waals surface area contributed by atoms with E-state index >= 15 is 0 Å². The lowest BCUT2D eigenvalue weighted by Gasteiger charge is -2.12. The van der Waals surface area contributed by atoms with E-state index in [1.54, 1.807) is 41.2 Å². The summed E-state index contributed by atoms with van der Waals surface area (Å²) in [4.78, 5) is 29.8. The average molecular weight is 424 g/mol. The molecule has 0 bridgehead atoms. The van der Waals surface area contributed by atoms with E-state index in [0.29, 0.717) is 23.6 Å². The number of hydrogen-bond donors (Lipinski definition) is 2. The molecule has 3 aromatic carbocycles. The van der Waals surface area contributed by atoms with E-state index < -0.39 is 6.10 Å². The van der Waals surface area contributed by atoms with E-state index in [9.17, 15) is 9.59 Å². The quantitative estimate of drug-likeness (QED) is 0.506. The van der Waals surface area contributed by atoms with Gasteiger partial charge in [0.2, 0.25) is 5.95 Å². The summed E-state index contributed by atoms with van der Waals surface area (Å²) < 4.78 is 7.53. The molecule has 1 atom stereocenters. The number of anilines is 2. The van der Waals surface area contributed by atoms with Crippen LogP contribution in [0.2, 0.25) is 0 Å². The Kier molecular flexibility index (Phi) is 5.13. The number of carbonyl (C=O) groups excluding carboxylic acids is 2. The minimum Gasteiger partial charge on any atom is -0.480 e. The number of para-hydroxylation sites is 2. The maximum absolute atomic E-state index is 12.8. The van der Waals surface area contributed by atoms with Crippen LogP contribution in [0, 0.1) is 0 Å². The third-order valence-corrected chi connectivity index (χ3v) is 5.23. The van der Waals surface area contributed by atoms with E-state index in [4.69, 9.17) is 4.74 Å². The number of amides is 2. The molecule has 1 unspecified atom stereocenters. The summed E-state index contributed by atoms with van der Waals surface area (Å²) in [6, 6.07) is 24.0.